The smallest absolute Gasteiger partial charge is 0.257 e. The van der Waals surface area contributed by atoms with Gasteiger partial charge in [0, 0.05) is 6.54 Å². The minimum atomic E-state index is -0.944. The third-order valence-electron chi connectivity index (χ3n) is 5.69. The van der Waals surface area contributed by atoms with Gasteiger partial charge in [-0.2, -0.15) is 0 Å². The molecule has 1 aliphatic heterocycles. The molecule has 3 amide bonds. The third kappa shape index (κ3) is 5.14. The van der Waals surface area contributed by atoms with Gasteiger partial charge < -0.3 is 9.64 Å². The summed E-state index contributed by atoms with van der Waals surface area (Å²) in [6.07, 6.45) is -0.0309. The number of carbonyl (C=O) groups is 3. The lowest BCUT2D eigenvalue weighted by Gasteiger charge is -2.28. The fourth-order valence-electron chi connectivity index (χ4n) is 4.02. The standard InChI is InChI=1S/C27H25FN2O4/c1-2-34-23-14-12-22(13-15-23)30-26(32)17-24(27(30)33)29(18-20-8-10-21(28)11-9-20)25(31)16-19-6-4-3-5-7-19/h3-15,24H,2,16-18H2,1H3. The largest absolute Gasteiger partial charge is 0.494 e. The summed E-state index contributed by atoms with van der Waals surface area (Å²) >= 11 is 0. The summed E-state index contributed by atoms with van der Waals surface area (Å²) in [5.74, 6) is -0.874. The van der Waals surface area contributed by atoms with E-state index in [-0.39, 0.29) is 37.0 Å². The summed E-state index contributed by atoms with van der Waals surface area (Å²) in [6, 6.07) is 20.7. The van der Waals surface area contributed by atoms with E-state index in [4.69, 9.17) is 4.74 Å². The van der Waals surface area contributed by atoms with Gasteiger partial charge >= 0.3 is 0 Å². The van der Waals surface area contributed by atoms with Crippen LogP contribution >= 0.6 is 0 Å². The van der Waals surface area contributed by atoms with Crippen LogP contribution in [0.1, 0.15) is 24.5 Å². The summed E-state index contributed by atoms with van der Waals surface area (Å²) < 4.78 is 18.8. The first-order chi connectivity index (χ1) is 16.5. The lowest BCUT2D eigenvalue weighted by atomic mass is 10.1. The van der Waals surface area contributed by atoms with Crippen LogP contribution in [0.25, 0.3) is 0 Å². The number of benzene rings is 3. The van der Waals surface area contributed by atoms with Gasteiger partial charge in [-0.25, -0.2) is 9.29 Å². The Hall–Kier alpha value is -4.00. The number of hydrogen-bond acceptors (Lipinski definition) is 4. The molecule has 3 aromatic carbocycles. The van der Waals surface area contributed by atoms with Crippen LogP contribution in [0.3, 0.4) is 0 Å². The Bertz CT molecular complexity index is 1160. The molecule has 7 heteroatoms. The highest BCUT2D eigenvalue weighted by Crippen LogP contribution is 2.28. The zero-order valence-corrected chi connectivity index (χ0v) is 18.8. The fourth-order valence-corrected chi connectivity index (χ4v) is 4.02. The Labute approximate surface area is 197 Å². The molecular weight excluding hydrogens is 435 g/mol. The van der Waals surface area contributed by atoms with Crippen molar-refractivity contribution < 1.29 is 23.5 Å². The first-order valence-corrected chi connectivity index (χ1v) is 11.1. The van der Waals surface area contributed by atoms with E-state index in [0.717, 1.165) is 10.5 Å². The van der Waals surface area contributed by atoms with Crippen LogP contribution < -0.4 is 9.64 Å². The zero-order valence-electron chi connectivity index (χ0n) is 18.8. The van der Waals surface area contributed by atoms with Crippen LogP contribution in [0.15, 0.2) is 78.9 Å². The maximum Gasteiger partial charge on any atom is 0.257 e. The Morgan fingerprint density at radius 1 is 0.971 bits per heavy atom. The van der Waals surface area contributed by atoms with Gasteiger partial charge in [-0.05, 0) is 54.4 Å². The molecule has 3 aromatic rings. The lowest BCUT2D eigenvalue weighted by Crippen LogP contribution is -2.45. The van der Waals surface area contributed by atoms with E-state index in [9.17, 15) is 18.8 Å². The molecule has 1 fully saturated rings. The quantitative estimate of drug-likeness (QED) is 0.474. The molecule has 0 bridgehead atoms. The molecule has 4 rings (SSSR count). The maximum absolute atomic E-state index is 13.4. The third-order valence-corrected chi connectivity index (χ3v) is 5.69. The number of halogens is 1. The molecule has 0 radical (unpaired) electrons. The molecule has 1 saturated heterocycles. The number of imide groups is 1. The highest BCUT2D eigenvalue weighted by atomic mass is 19.1. The summed E-state index contributed by atoms with van der Waals surface area (Å²) in [5.41, 5.74) is 1.90. The van der Waals surface area contributed by atoms with Crippen LogP contribution in [0.2, 0.25) is 0 Å². The summed E-state index contributed by atoms with van der Waals surface area (Å²) in [5, 5.41) is 0. The van der Waals surface area contributed by atoms with E-state index in [0.29, 0.717) is 23.6 Å². The van der Waals surface area contributed by atoms with Crippen LogP contribution in [0.5, 0.6) is 5.75 Å². The number of hydrogen-bond donors (Lipinski definition) is 0. The van der Waals surface area contributed by atoms with Crippen molar-refractivity contribution in [3.8, 4) is 5.75 Å². The van der Waals surface area contributed by atoms with Crippen molar-refractivity contribution in [1.29, 1.82) is 0 Å². The number of amides is 3. The van der Waals surface area contributed by atoms with Gasteiger partial charge in [-0.15, -0.1) is 0 Å². The molecule has 0 N–H and O–H groups in total. The number of rotatable bonds is 8. The molecule has 0 aliphatic carbocycles. The minimum absolute atomic E-state index is 0.0864. The first kappa shape index (κ1) is 23.2. The number of carbonyl (C=O) groups excluding carboxylic acids is 3. The Kier molecular flexibility index (Phi) is 7.01. The van der Waals surface area contributed by atoms with Crippen molar-refractivity contribution in [3.63, 3.8) is 0 Å². The molecular formula is C27H25FN2O4. The summed E-state index contributed by atoms with van der Waals surface area (Å²) in [6.45, 7) is 2.46. The van der Waals surface area contributed by atoms with Crippen LogP contribution in [-0.2, 0) is 27.3 Å². The second kappa shape index (κ2) is 10.3. The molecule has 0 spiro atoms. The zero-order chi connectivity index (χ0) is 24.1. The first-order valence-electron chi connectivity index (χ1n) is 11.1. The monoisotopic (exact) mass is 460 g/mol. The summed E-state index contributed by atoms with van der Waals surface area (Å²) in [4.78, 5) is 42.1. The van der Waals surface area contributed by atoms with E-state index >= 15 is 0 Å². The van der Waals surface area contributed by atoms with Gasteiger partial charge in [0.25, 0.3) is 5.91 Å². The van der Waals surface area contributed by atoms with Crippen molar-refractivity contribution in [3.05, 3.63) is 95.8 Å². The van der Waals surface area contributed by atoms with Gasteiger partial charge in [0.05, 0.1) is 25.1 Å². The number of ether oxygens (including phenoxy) is 1. The van der Waals surface area contributed by atoms with Gasteiger partial charge in [-0.1, -0.05) is 42.5 Å². The van der Waals surface area contributed by atoms with Gasteiger partial charge in [0.15, 0.2) is 0 Å². The summed E-state index contributed by atoms with van der Waals surface area (Å²) in [7, 11) is 0. The van der Waals surface area contributed by atoms with E-state index in [1.54, 1.807) is 36.4 Å². The molecule has 34 heavy (non-hydrogen) atoms. The predicted molar refractivity (Wildman–Crippen MR) is 126 cm³/mol. The highest BCUT2D eigenvalue weighted by Gasteiger charge is 2.44. The van der Waals surface area contributed by atoms with Gasteiger partial charge in [0.1, 0.15) is 17.6 Å². The fraction of sp³-hybridized carbons (Fsp3) is 0.222. The second-order valence-corrected chi connectivity index (χ2v) is 8.02. The number of anilines is 1. The SMILES string of the molecule is CCOc1ccc(N2C(=O)CC(N(Cc3ccc(F)cc3)C(=O)Cc3ccccc3)C2=O)cc1. The molecule has 0 aromatic heterocycles. The van der Waals surface area contributed by atoms with E-state index in [2.05, 4.69) is 0 Å². The average Bonchev–Trinajstić information content (AvgIpc) is 3.13. The number of nitrogens with zero attached hydrogens (tertiary/aromatic N) is 2. The van der Waals surface area contributed by atoms with Crippen molar-refractivity contribution in [1.82, 2.24) is 4.90 Å². The average molecular weight is 461 g/mol. The van der Waals surface area contributed by atoms with Gasteiger partial charge in [-0.3, -0.25) is 14.4 Å². The van der Waals surface area contributed by atoms with Crippen LogP contribution in [0, 0.1) is 5.82 Å². The Morgan fingerprint density at radius 3 is 2.29 bits per heavy atom. The van der Waals surface area contributed by atoms with E-state index in [1.807, 2.05) is 37.3 Å². The van der Waals surface area contributed by atoms with Crippen molar-refractivity contribution in [2.45, 2.75) is 32.4 Å². The Balaban J connectivity index is 1.60. The van der Waals surface area contributed by atoms with E-state index < -0.39 is 11.9 Å². The molecule has 1 aliphatic rings. The molecule has 1 unspecified atom stereocenters. The van der Waals surface area contributed by atoms with Gasteiger partial charge in [0.2, 0.25) is 11.8 Å². The molecule has 1 atom stereocenters. The molecule has 174 valence electrons. The molecule has 6 nitrogen and oxygen atoms in total. The predicted octanol–water partition coefficient (Wildman–Crippen LogP) is 4.13. The highest BCUT2D eigenvalue weighted by molar-refractivity contribution is 6.23. The topological polar surface area (TPSA) is 66.9 Å². The van der Waals surface area contributed by atoms with Crippen molar-refractivity contribution in [2.24, 2.45) is 0 Å². The van der Waals surface area contributed by atoms with E-state index in [1.165, 1.54) is 17.0 Å². The lowest BCUT2D eigenvalue weighted by molar-refractivity contribution is -0.138. The van der Waals surface area contributed by atoms with Crippen LogP contribution in [0.4, 0.5) is 10.1 Å². The normalized spacial score (nSPS) is 15.5. The van der Waals surface area contributed by atoms with Crippen molar-refractivity contribution >= 4 is 23.4 Å². The van der Waals surface area contributed by atoms with Crippen molar-refractivity contribution in [2.75, 3.05) is 11.5 Å². The molecule has 1 heterocycles. The molecule has 0 saturated carbocycles. The minimum Gasteiger partial charge on any atom is -0.494 e. The van der Waals surface area contributed by atoms with Crippen LogP contribution in [-0.4, -0.2) is 35.3 Å². The maximum atomic E-state index is 13.4. The Morgan fingerprint density at radius 2 is 1.65 bits per heavy atom. The second-order valence-electron chi connectivity index (χ2n) is 8.02.